The van der Waals surface area contributed by atoms with E-state index in [1.165, 1.54) is 10.5 Å². The molecule has 2 aliphatic rings. The Morgan fingerprint density at radius 2 is 1.66 bits per heavy atom. The number of carbonyl (C=O) groups excluding carboxylic acids is 2. The van der Waals surface area contributed by atoms with Crippen molar-refractivity contribution >= 4 is 11.9 Å². The van der Waals surface area contributed by atoms with E-state index in [2.05, 4.69) is 22.3 Å². The fraction of sp³-hybridized carbons (Fsp3) is 0.481. The van der Waals surface area contributed by atoms with Crippen LogP contribution < -0.4 is 14.8 Å². The van der Waals surface area contributed by atoms with Crippen LogP contribution in [0.4, 0.5) is 4.79 Å². The first kappa shape index (κ1) is 25.0. The highest BCUT2D eigenvalue weighted by atomic mass is 16.5. The molecule has 0 bridgehead atoms. The molecular weight excluding hydrogens is 446 g/mol. The molecule has 35 heavy (non-hydrogen) atoms. The molecule has 2 saturated heterocycles. The quantitative estimate of drug-likeness (QED) is 0.526. The number of carbonyl (C=O) groups is 2. The second-order valence-electron chi connectivity index (χ2n) is 9.28. The third kappa shape index (κ3) is 5.44. The summed E-state index contributed by atoms with van der Waals surface area (Å²) < 4.78 is 15.8. The van der Waals surface area contributed by atoms with Crippen molar-refractivity contribution < 1.29 is 23.8 Å². The van der Waals surface area contributed by atoms with Gasteiger partial charge >= 0.3 is 6.03 Å². The van der Waals surface area contributed by atoms with Crippen LogP contribution in [0.1, 0.15) is 24.0 Å². The number of rotatable bonds is 10. The number of amides is 3. The normalized spacial score (nSPS) is 21.3. The summed E-state index contributed by atoms with van der Waals surface area (Å²) >= 11 is 0. The molecule has 2 heterocycles. The van der Waals surface area contributed by atoms with Gasteiger partial charge in [0.1, 0.15) is 17.0 Å². The number of likely N-dealkylation sites (tertiary alicyclic amines) is 1. The van der Waals surface area contributed by atoms with E-state index in [9.17, 15) is 9.59 Å². The number of methoxy groups -OCH3 is 3. The Hall–Kier alpha value is -3.10. The van der Waals surface area contributed by atoms with Crippen LogP contribution >= 0.6 is 0 Å². The average molecular weight is 482 g/mol. The molecule has 8 heteroatoms. The van der Waals surface area contributed by atoms with Crippen LogP contribution in [0, 0.1) is 5.92 Å². The summed E-state index contributed by atoms with van der Waals surface area (Å²) in [4.78, 5) is 30.4. The Bertz CT molecular complexity index is 1020. The summed E-state index contributed by atoms with van der Waals surface area (Å²) in [5.74, 6) is 1.46. The van der Waals surface area contributed by atoms with Crippen LogP contribution in [0.3, 0.4) is 0 Å². The van der Waals surface area contributed by atoms with Gasteiger partial charge < -0.3 is 19.5 Å². The minimum absolute atomic E-state index is 0.0322. The molecule has 188 valence electrons. The molecule has 1 N–H and O–H groups in total. The number of piperidine rings is 1. The first-order valence-electron chi connectivity index (χ1n) is 12.1. The Labute approximate surface area is 207 Å². The third-order valence-electron chi connectivity index (χ3n) is 7.19. The van der Waals surface area contributed by atoms with Crippen LogP contribution in [0.5, 0.6) is 11.5 Å². The lowest BCUT2D eigenvalue weighted by molar-refractivity contribution is -0.134. The maximum Gasteiger partial charge on any atom is 0.325 e. The van der Waals surface area contributed by atoms with Crippen molar-refractivity contribution in [1.29, 1.82) is 0 Å². The van der Waals surface area contributed by atoms with E-state index in [4.69, 9.17) is 14.2 Å². The number of imide groups is 1. The van der Waals surface area contributed by atoms with Gasteiger partial charge in [-0.1, -0.05) is 24.3 Å². The topological polar surface area (TPSA) is 80.3 Å². The van der Waals surface area contributed by atoms with Gasteiger partial charge in [-0.05, 0) is 67.2 Å². The second-order valence-corrected chi connectivity index (χ2v) is 9.28. The predicted molar refractivity (Wildman–Crippen MR) is 133 cm³/mol. The fourth-order valence-electron chi connectivity index (χ4n) is 5.25. The molecule has 0 saturated carbocycles. The first-order valence-corrected chi connectivity index (χ1v) is 12.1. The van der Waals surface area contributed by atoms with Crippen molar-refractivity contribution in [1.82, 2.24) is 15.1 Å². The molecule has 0 aliphatic carbocycles. The lowest BCUT2D eigenvalue weighted by atomic mass is 9.74. The molecule has 3 amide bonds. The van der Waals surface area contributed by atoms with Crippen LogP contribution in [0.25, 0.3) is 0 Å². The van der Waals surface area contributed by atoms with E-state index >= 15 is 0 Å². The van der Waals surface area contributed by atoms with Gasteiger partial charge in [0.2, 0.25) is 0 Å². The molecule has 8 nitrogen and oxygen atoms in total. The van der Waals surface area contributed by atoms with E-state index in [0.29, 0.717) is 13.0 Å². The monoisotopic (exact) mass is 481 g/mol. The minimum Gasteiger partial charge on any atom is -0.497 e. The Morgan fingerprint density at radius 3 is 2.31 bits per heavy atom. The SMILES string of the molecule is COCCN1C(=O)N[C@@](Cc2cccc(OC)c2)(C2CCN(Cc3ccc(OC)cc3)CC2)C1=O. The van der Waals surface area contributed by atoms with Gasteiger partial charge in [-0.15, -0.1) is 0 Å². The standard InChI is InChI=1S/C27H35N3O5/c1-33-16-15-30-25(31)27(28-26(30)32,18-21-5-4-6-24(17-21)35-3)22-11-13-29(14-12-22)19-20-7-9-23(34-2)10-8-20/h4-10,17,22H,11-16,18-19H2,1-3H3,(H,28,32)/t27-/m0/s1. The van der Waals surface area contributed by atoms with Crippen LogP contribution in [0.2, 0.25) is 0 Å². The second kappa shape index (κ2) is 11.1. The molecular formula is C27H35N3O5. The number of hydrogen-bond acceptors (Lipinski definition) is 6. The maximum absolute atomic E-state index is 13.8. The Kier molecular flexibility index (Phi) is 7.93. The molecule has 2 aliphatic heterocycles. The molecule has 2 aromatic rings. The molecule has 0 unspecified atom stereocenters. The summed E-state index contributed by atoms with van der Waals surface area (Å²) in [6.45, 7) is 3.13. The number of nitrogens with one attached hydrogen (secondary N) is 1. The van der Waals surface area contributed by atoms with Crippen LogP contribution in [-0.4, -0.2) is 74.8 Å². The van der Waals surface area contributed by atoms with Crippen LogP contribution in [-0.2, 0) is 22.5 Å². The third-order valence-corrected chi connectivity index (χ3v) is 7.19. The smallest absolute Gasteiger partial charge is 0.325 e. The highest BCUT2D eigenvalue weighted by molar-refractivity contribution is 6.07. The first-order chi connectivity index (χ1) is 17.0. The van der Waals surface area contributed by atoms with Gasteiger partial charge in [-0.3, -0.25) is 14.6 Å². The highest BCUT2D eigenvalue weighted by Gasteiger charge is 2.55. The highest BCUT2D eigenvalue weighted by Crippen LogP contribution is 2.37. The molecule has 1 atom stereocenters. The largest absolute Gasteiger partial charge is 0.497 e. The number of hydrogen-bond donors (Lipinski definition) is 1. The summed E-state index contributed by atoms with van der Waals surface area (Å²) in [5, 5.41) is 3.12. The lowest BCUT2D eigenvalue weighted by Gasteiger charge is -2.41. The minimum atomic E-state index is -0.969. The van der Waals surface area contributed by atoms with Crippen molar-refractivity contribution in [2.24, 2.45) is 5.92 Å². The van der Waals surface area contributed by atoms with Crippen molar-refractivity contribution in [2.75, 3.05) is 47.6 Å². The Balaban J connectivity index is 1.51. The van der Waals surface area contributed by atoms with E-state index < -0.39 is 5.54 Å². The summed E-state index contributed by atoms with van der Waals surface area (Å²) in [6, 6.07) is 15.5. The molecule has 0 radical (unpaired) electrons. The average Bonchev–Trinajstić information content (AvgIpc) is 3.12. The van der Waals surface area contributed by atoms with E-state index in [-0.39, 0.29) is 24.4 Å². The molecule has 4 rings (SSSR count). The van der Waals surface area contributed by atoms with Gasteiger partial charge in [0.15, 0.2) is 0 Å². The van der Waals surface area contributed by atoms with Gasteiger partial charge in [0.25, 0.3) is 5.91 Å². The fourth-order valence-corrected chi connectivity index (χ4v) is 5.25. The summed E-state index contributed by atoms with van der Waals surface area (Å²) in [6.07, 6.45) is 2.08. The predicted octanol–water partition coefficient (Wildman–Crippen LogP) is 3.10. The van der Waals surface area contributed by atoms with E-state index in [1.807, 2.05) is 36.4 Å². The number of nitrogens with zero attached hydrogens (tertiary/aromatic N) is 2. The molecule has 0 spiro atoms. The zero-order chi connectivity index (χ0) is 24.8. The molecule has 2 aromatic carbocycles. The van der Waals surface area contributed by atoms with Crippen molar-refractivity contribution in [2.45, 2.75) is 31.3 Å². The zero-order valence-electron chi connectivity index (χ0n) is 20.8. The van der Waals surface area contributed by atoms with Gasteiger partial charge in [-0.25, -0.2) is 4.79 Å². The van der Waals surface area contributed by atoms with Crippen molar-refractivity contribution in [3.05, 3.63) is 59.7 Å². The lowest BCUT2D eigenvalue weighted by Crippen LogP contribution is -2.57. The Morgan fingerprint density at radius 1 is 0.943 bits per heavy atom. The van der Waals surface area contributed by atoms with Crippen molar-refractivity contribution in [3.8, 4) is 11.5 Å². The summed E-state index contributed by atoms with van der Waals surface area (Å²) in [7, 11) is 4.86. The number of ether oxygens (including phenoxy) is 3. The van der Waals surface area contributed by atoms with E-state index in [0.717, 1.165) is 49.5 Å². The van der Waals surface area contributed by atoms with Crippen LogP contribution in [0.15, 0.2) is 48.5 Å². The number of urea groups is 1. The van der Waals surface area contributed by atoms with Gasteiger partial charge in [0, 0.05) is 20.1 Å². The van der Waals surface area contributed by atoms with Gasteiger partial charge in [-0.2, -0.15) is 0 Å². The number of benzene rings is 2. The summed E-state index contributed by atoms with van der Waals surface area (Å²) in [5.41, 5.74) is 1.22. The molecule has 0 aromatic heterocycles. The zero-order valence-corrected chi connectivity index (χ0v) is 20.8. The van der Waals surface area contributed by atoms with Gasteiger partial charge in [0.05, 0.1) is 27.4 Å². The van der Waals surface area contributed by atoms with Crippen molar-refractivity contribution in [3.63, 3.8) is 0 Å². The molecule has 2 fully saturated rings. The van der Waals surface area contributed by atoms with E-state index in [1.54, 1.807) is 21.3 Å². The maximum atomic E-state index is 13.8.